The molecule has 2 amide bonds. The first kappa shape index (κ1) is 17.9. The van der Waals surface area contributed by atoms with Crippen LogP contribution in [-0.2, 0) is 22.6 Å². The number of aromatic nitrogens is 2. The summed E-state index contributed by atoms with van der Waals surface area (Å²) in [5.41, 5.74) is 3.31. The first-order chi connectivity index (χ1) is 13.2. The molecule has 1 atom stereocenters. The van der Waals surface area contributed by atoms with Crippen LogP contribution in [0, 0.1) is 0 Å². The smallest absolute Gasteiger partial charge is 0.246 e. The molecule has 1 saturated heterocycles. The quantitative estimate of drug-likeness (QED) is 0.761. The van der Waals surface area contributed by atoms with Crippen LogP contribution < -0.4 is 0 Å². The highest BCUT2D eigenvalue weighted by atomic mass is 32.2. The lowest BCUT2D eigenvalue weighted by molar-refractivity contribution is -0.133. The number of amides is 2. The second-order valence-electron chi connectivity index (χ2n) is 6.72. The molecule has 0 N–H and O–H groups in total. The Morgan fingerprint density at radius 1 is 1.19 bits per heavy atom. The predicted octanol–water partition coefficient (Wildman–Crippen LogP) is 1.89. The zero-order valence-electron chi connectivity index (χ0n) is 15.1. The number of hydrogen-bond donors (Lipinski definition) is 0. The molecule has 6 nitrogen and oxygen atoms in total. The fraction of sp³-hybridized carbons (Fsp3) is 0.350. The van der Waals surface area contributed by atoms with Gasteiger partial charge in [-0.25, -0.2) is 4.68 Å². The van der Waals surface area contributed by atoms with Crippen molar-refractivity contribution in [3.8, 4) is 5.69 Å². The Labute approximate surface area is 162 Å². The summed E-state index contributed by atoms with van der Waals surface area (Å²) >= 11 is 1.64. The van der Waals surface area contributed by atoms with E-state index in [0.29, 0.717) is 26.2 Å². The summed E-state index contributed by atoms with van der Waals surface area (Å²) in [4.78, 5) is 28.5. The fourth-order valence-corrected chi connectivity index (χ4v) is 4.83. The van der Waals surface area contributed by atoms with E-state index in [1.807, 2.05) is 46.1 Å². The first-order valence-corrected chi connectivity index (χ1v) is 10.1. The molecule has 140 valence electrons. The van der Waals surface area contributed by atoms with Gasteiger partial charge in [0.2, 0.25) is 11.8 Å². The summed E-state index contributed by atoms with van der Waals surface area (Å²) in [5.74, 6) is 0.791. The van der Waals surface area contributed by atoms with Crippen LogP contribution in [0.4, 0.5) is 0 Å². The Kier molecular flexibility index (Phi) is 5.03. The molecule has 0 bridgehead atoms. The van der Waals surface area contributed by atoms with E-state index >= 15 is 0 Å². The molecule has 27 heavy (non-hydrogen) atoms. The average Bonchev–Trinajstić information content (AvgIpc) is 3.16. The highest BCUT2D eigenvalue weighted by molar-refractivity contribution is 8.00. The molecule has 2 aliphatic rings. The lowest BCUT2D eigenvalue weighted by Gasteiger charge is -2.35. The third-order valence-corrected chi connectivity index (χ3v) is 6.25. The van der Waals surface area contributed by atoms with E-state index < -0.39 is 0 Å². The number of fused-ring (bicyclic) bond motifs is 1. The monoisotopic (exact) mass is 382 g/mol. The van der Waals surface area contributed by atoms with Crippen molar-refractivity contribution in [1.29, 1.82) is 0 Å². The number of para-hydroxylation sites is 1. The second kappa shape index (κ2) is 7.60. The topological polar surface area (TPSA) is 58.4 Å². The number of thioether (sulfide) groups is 1. The molecule has 1 aromatic carbocycles. The van der Waals surface area contributed by atoms with E-state index in [0.717, 1.165) is 23.4 Å². The van der Waals surface area contributed by atoms with Gasteiger partial charge in [-0.3, -0.25) is 9.59 Å². The van der Waals surface area contributed by atoms with Crippen LogP contribution in [0.15, 0.2) is 49.2 Å². The summed E-state index contributed by atoms with van der Waals surface area (Å²) in [7, 11) is 0. The Hall–Kier alpha value is -2.54. The van der Waals surface area contributed by atoms with Gasteiger partial charge < -0.3 is 9.80 Å². The average molecular weight is 382 g/mol. The minimum atomic E-state index is -0.201. The molecule has 1 unspecified atom stereocenters. The third kappa shape index (κ3) is 3.51. The molecular formula is C20H22N4O2S. The van der Waals surface area contributed by atoms with Crippen molar-refractivity contribution >= 4 is 23.6 Å². The Morgan fingerprint density at radius 2 is 2.00 bits per heavy atom. The molecule has 0 spiro atoms. The summed E-state index contributed by atoms with van der Waals surface area (Å²) < 4.78 is 1.97. The van der Waals surface area contributed by atoms with Gasteiger partial charge in [0, 0.05) is 43.9 Å². The van der Waals surface area contributed by atoms with Crippen molar-refractivity contribution in [2.24, 2.45) is 0 Å². The maximum Gasteiger partial charge on any atom is 0.246 e. The maximum atomic E-state index is 13.0. The molecule has 1 aromatic heterocycles. The molecule has 1 fully saturated rings. The summed E-state index contributed by atoms with van der Waals surface area (Å²) in [6.07, 6.45) is 3.97. The zero-order valence-corrected chi connectivity index (χ0v) is 15.9. The minimum absolute atomic E-state index is 0.0989. The molecule has 7 heteroatoms. The van der Waals surface area contributed by atoms with Crippen LogP contribution in [0.25, 0.3) is 5.69 Å². The van der Waals surface area contributed by atoms with Crippen LogP contribution in [0.2, 0.25) is 0 Å². The summed E-state index contributed by atoms with van der Waals surface area (Å²) in [6.45, 7) is 5.93. The molecule has 0 aliphatic carbocycles. The number of rotatable bonds is 3. The number of benzene rings is 1. The Bertz CT molecular complexity index is 864. The molecule has 3 heterocycles. The summed E-state index contributed by atoms with van der Waals surface area (Å²) in [6, 6.07) is 10.1. The number of nitrogens with zero attached hydrogens (tertiary/aromatic N) is 4. The van der Waals surface area contributed by atoms with Crippen molar-refractivity contribution in [1.82, 2.24) is 19.6 Å². The number of hydrogen-bond acceptors (Lipinski definition) is 4. The van der Waals surface area contributed by atoms with E-state index in [2.05, 4.69) is 11.7 Å². The van der Waals surface area contributed by atoms with Crippen LogP contribution in [-0.4, -0.2) is 62.0 Å². The molecule has 0 radical (unpaired) electrons. The van der Waals surface area contributed by atoms with E-state index in [9.17, 15) is 9.59 Å². The lowest BCUT2D eigenvalue weighted by Crippen LogP contribution is -2.49. The van der Waals surface area contributed by atoms with Gasteiger partial charge in [-0.15, -0.1) is 11.8 Å². The van der Waals surface area contributed by atoms with E-state index in [-0.39, 0.29) is 17.1 Å². The normalized spacial score (nSPS) is 19.5. The Morgan fingerprint density at radius 3 is 2.78 bits per heavy atom. The lowest BCUT2D eigenvalue weighted by atomic mass is 10.1. The first-order valence-electron chi connectivity index (χ1n) is 9.10. The highest BCUT2D eigenvalue weighted by Gasteiger charge is 2.33. The van der Waals surface area contributed by atoms with E-state index in [1.54, 1.807) is 16.7 Å². The van der Waals surface area contributed by atoms with Crippen LogP contribution >= 0.6 is 11.8 Å². The molecule has 2 aromatic rings. The standard InChI is InChI=1S/C20H22N4O2S/c1-2-19(25)22-10-11-27-18(14-22)20(26)23-9-8-17-15(13-23)12-21-24(17)16-6-4-3-5-7-16/h2-7,12,18H,1,8-11,13-14H2. The SMILES string of the molecule is C=CC(=O)N1CCSC(C(=O)N2CCc3c(cnn3-c3ccccc3)C2)C1. The maximum absolute atomic E-state index is 13.0. The van der Waals surface area contributed by atoms with Crippen molar-refractivity contribution in [3.05, 3.63) is 60.4 Å². The third-order valence-electron chi connectivity index (χ3n) is 5.08. The largest absolute Gasteiger partial charge is 0.337 e. The Balaban J connectivity index is 1.47. The minimum Gasteiger partial charge on any atom is -0.337 e. The van der Waals surface area contributed by atoms with Crippen LogP contribution in [0.5, 0.6) is 0 Å². The van der Waals surface area contributed by atoms with Gasteiger partial charge in [0.1, 0.15) is 5.25 Å². The van der Waals surface area contributed by atoms with E-state index in [4.69, 9.17) is 0 Å². The van der Waals surface area contributed by atoms with Crippen LogP contribution in [0.3, 0.4) is 0 Å². The van der Waals surface area contributed by atoms with Gasteiger partial charge in [0.25, 0.3) is 0 Å². The highest BCUT2D eigenvalue weighted by Crippen LogP contribution is 2.26. The van der Waals surface area contributed by atoms with Gasteiger partial charge in [-0.1, -0.05) is 24.8 Å². The number of carbonyl (C=O) groups excluding carboxylic acids is 2. The van der Waals surface area contributed by atoms with Crippen LogP contribution in [0.1, 0.15) is 11.3 Å². The van der Waals surface area contributed by atoms with Gasteiger partial charge in [0.15, 0.2) is 0 Å². The van der Waals surface area contributed by atoms with Gasteiger partial charge in [0.05, 0.1) is 17.6 Å². The summed E-state index contributed by atoms with van der Waals surface area (Å²) in [5, 5.41) is 4.33. The van der Waals surface area contributed by atoms with Gasteiger partial charge in [-0.2, -0.15) is 5.10 Å². The molecular weight excluding hydrogens is 360 g/mol. The van der Waals surface area contributed by atoms with Crippen molar-refractivity contribution in [3.63, 3.8) is 0 Å². The van der Waals surface area contributed by atoms with Crippen molar-refractivity contribution in [2.75, 3.05) is 25.4 Å². The van der Waals surface area contributed by atoms with Gasteiger partial charge in [-0.05, 0) is 18.2 Å². The molecule has 0 saturated carbocycles. The zero-order chi connectivity index (χ0) is 18.8. The second-order valence-corrected chi connectivity index (χ2v) is 8.03. The molecule has 4 rings (SSSR count). The number of carbonyl (C=O) groups is 2. The van der Waals surface area contributed by atoms with Crippen molar-refractivity contribution < 1.29 is 9.59 Å². The van der Waals surface area contributed by atoms with Gasteiger partial charge >= 0.3 is 0 Å². The fourth-order valence-electron chi connectivity index (χ4n) is 3.64. The van der Waals surface area contributed by atoms with E-state index in [1.165, 1.54) is 11.8 Å². The van der Waals surface area contributed by atoms with Crippen molar-refractivity contribution in [2.45, 2.75) is 18.2 Å². The molecule has 2 aliphatic heterocycles. The predicted molar refractivity (Wildman–Crippen MR) is 106 cm³/mol.